The van der Waals surface area contributed by atoms with E-state index in [4.69, 9.17) is 28.3 Å². The van der Waals surface area contributed by atoms with Crippen LogP contribution in [0.4, 0.5) is 5.69 Å². The average Bonchev–Trinajstić information content (AvgIpc) is 2.40. The normalized spacial score (nSPS) is 16.6. The highest BCUT2D eigenvalue weighted by atomic mass is 35.5. The van der Waals surface area contributed by atoms with E-state index in [1.54, 1.807) is 6.07 Å². The monoisotopic (exact) mass is 304 g/mol. The third-order valence-corrected chi connectivity index (χ3v) is 3.51. The fourth-order valence-corrected chi connectivity index (χ4v) is 2.39. The Morgan fingerprint density at radius 1 is 1.26 bits per heavy atom. The average molecular weight is 305 g/mol. The minimum absolute atomic E-state index is 0.170. The minimum atomic E-state index is -0.768. The van der Waals surface area contributed by atoms with Gasteiger partial charge in [-0.2, -0.15) is 0 Å². The van der Waals surface area contributed by atoms with Gasteiger partial charge in [-0.3, -0.25) is 9.69 Å². The number of hydrogen-bond donors (Lipinski definition) is 1. The van der Waals surface area contributed by atoms with Crippen molar-refractivity contribution in [3.05, 3.63) is 16.4 Å². The summed E-state index contributed by atoms with van der Waals surface area (Å²) in [4.78, 5) is 14.7. The second-order valence-electron chi connectivity index (χ2n) is 4.32. The van der Waals surface area contributed by atoms with Crippen LogP contribution in [0.1, 0.15) is 6.42 Å². The maximum atomic E-state index is 10.5. The Kier molecular flexibility index (Phi) is 4.79. The van der Waals surface area contributed by atoms with Gasteiger partial charge in [-0.25, -0.2) is 0 Å². The van der Waals surface area contributed by atoms with Gasteiger partial charge >= 0.3 is 5.97 Å². The Balaban J connectivity index is 1.92. The van der Waals surface area contributed by atoms with Crippen LogP contribution in [0.2, 0.25) is 10.3 Å². The summed E-state index contributed by atoms with van der Waals surface area (Å²) in [5, 5.41) is 16.8. The molecule has 0 atom stereocenters. The first-order valence-electron chi connectivity index (χ1n) is 5.94. The van der Waals surface area contributed by atoms with Gasteiger partial charge in [0, 0.05) is 38.8 Å². The molecule has 1 aliphatic heterocycles. The summed E-state index contributed by atoms with van der Waals surface area (Å²) >= 11 is 11.8. The first-order chi connectivity index (χ1) is 9.06. The molecule has 0 unspecified atom stereocenters. The Hall–Kier alpha value is -1.11. The van der Waals surface area contributed by atoms with Crippen molar-refractivity contribution in [2.24, 2.45) is 0 Å². The van der Waals surface area contributed by atoms with E-state index in [9.17, 15) is 4.79 Å². The van der Waals surface area contributed by atoms with Gasteiger partial charge in [0.15, 0.2) is 10.3 Å². The van der Waals surface area contributed by atoms with Gasteiger partial charge in [0.2, 0.25) is 0 Å². The summed E-state index contributed by atoms with van der Waals surface area (Å²) in [6.07, 6.45) is 0.170. The van der Waals surface area contributed by atoms with Gasteiger partial charge < -0.3 is 10.0 Å². The summed E-state index contributed by atoms with van der Waals surface area (Å²) in [6.45, 7) is 3.70. The van der Waals surface area contributed by atoms with Crippen LogP contribution < -0.4 is 4.90 Å². The van der Waals surface area contributed by atoms with Gasteiger partial charge in [0.05, 0.1) is 12.1 Å². The molecule has 2 rings (SSSR count). The number of halogens is 2. The van der Waals surface area contributed by atoms with Crippen LogP contribution in [0, 0.1) is 0 Å². The Morgan fingerprint density at radius 3 is 2.58 bits per heavy atom. The number of hydrogen-bond acceptors (Lipinski definition) is 5. The van der Waals surface area contributed by atoms with Crippen LogP contribution in [0.15, 0.2) is 6.07 Å². The molecule has 0 aromatic carbocycles. The molecule has 1 aromatic heterocycles. The smallest absolute Gasteiger partial charge is 0.304 e. The molecule has 1 aliphatic rings. The third-order valence-electron chi connectivity index (χ3n) is 3.06. The van der Waals surface area contributed by atoms with Crippen LogP contribution in [-0.2, 0) is 4.79 Å². The summed E-state index contributed by atoms with van der Waals surface area (Å²) in [5.41, 5.74) is 0.777. The van der Waals surface area contributed by atoms with Crippen LogP contribution >= 0.6 is 23.2 Å². The van der Waals surface area contributed by atoms with E-state index in [2.05, 4.69) is 20.0 Å². The van der Waals surface area contributed by atoms with Crippen LogP contribution in [-0.4, -0.2) is 58.9 Å². The lowest BCUT2D eigenvalue weighted by molar-refractivity contribution is -0.137. The lowest BCUT2D eigenvalue weighted by Crippen LogP contribution is -2.47. The van der Waals surface area contributed by atoms with Crippen molar-refractivity contribution in [3.8, 4) is 0 Å². The molecular formula is C11H14Cl2N4O2. The van der Waals surface area contributed by atoms with Crippen molar-refractivity contribution in [3.63, 3.8) is 0 Å². The first kappa shape index (κ1) is 14.3. The topological polar surface area (TPSA) is 69.6 Å². The highest BCUT2D eigenvalue weighted by molar-refractivity contribution is 6.33. The SMILES string of the molecule is O=C(O)CCN1CCN(c2cc(Cl)nnc2Cl)CC1. The number of anilines is 1. The molecule has 1 saturated heterocycles. The maximum absolute atomic E-state index is 10.5. The number of piperazine rings is 1. The molecule has 0 amide bonds. The number of carboxylic acid groups (broad SMARTS) is 1. The van der Waals surface area contributed by atoms with Crippen molar-refractivity contribution in [1.82, 2.24) is 15.1 Å². The van der Waals surface area contributed by atoms with Crippen molar-refractivity contribution in [2.45, 2.75) is 6.42 Å². The zero-order valence-electron chi connectivity index (χ0n) is 10.2. The molecule has 0 aliphatic carbocycles. The Labute approximate surface area is 120 Å². The Morgan fingerprint density at radius 2 is 1.95 bits per heavy atom. The maximum Gasteiger partial charge on any atom is 0.304 e. The Bertz CT molecular complexity index is 464. The predicted molar refractivity (Wildman–Crippen MR) is 73.0 cm³/mol. The minimum Gasteiger partial charge on any atom is -0.481 e. The molecule has 0 spiro atoms. The molecular weight excluding hydrogens is 291 g/mol. The molecule has 2 heterocycles. The quantitative estimate of drug-likeness (QED) is 0.906. The molecule has 0 saturated carbocycles. The fourth-order valence-electron chi connectivity index (χ4n) is 2.03. The van der Waals surface area contributed by atoms with E-state index >= 15 is 0 Å². The molecule has 19 heavy (non-hydrogen) atoms. The third kappa shape index (κ3) is 3.92. The number of carboxylic acids is 1. The molecule has 6 nitrogen and oxygen atoms in total. The molecule has 1 aromatic rings. The van der Waals surface area contributed by atoms with Crippen molar-refractivity contribution in [1.29, 1.82) is 0 Å². The van der Waals surface area contributed by atoms with Crippen LogP contribution in [0.25, 0.3) is 0 Å². The van der Waals surface area contributed by atoms with Crippen molar-refractivity contribution >= 4 is 34.9 Å². The summed E-state index contributed by atoms with van der Waals surface area (Å²) in [5.74, 6) is -0.768. The van der Waals surface area contributed by atoms with Crippen LogP contribution in [0.3, 0.4) is 0 Å². The lowest BCUT2D eigenvalue weighted by atomic mass is 10.2. The van der Waals surface area contributed by atoms with E-state index < -0.39 is 5.97 Å². The summed E-state index contributed by atoms with van der Waals surface area (Å²) in [7, 11) is 0. The van der Waals surface area contributed by atoms with E-state index in [-0.39, 0.29) is 6.42 Å². The van der Waals surface area contributed by atoms with E-state index in [0.717, 1.165) is 31.9 Å². The second kappa shape index (κ2) is 6.36. The van der Waals surface area contributed by atoms with E-state index in [0.29, 0.717) is 16.9 Å². The van der Waals surface area contributed by atoms with Gasteiger partial charge in [-0.05, 0) is 0 Å². The fraction of sp³-hybridized carbons (Fsp3) is 0.545. The molecule has 0 radical (unpaired) electrons. The van der Waals surface area contributed by atoms with Gasteiger partial charge in [-0.1, -0.05) is 23.2 Å². The number of rotatable bonds is 4. The lowest BCUT2D eigenvalue weighted by Gasteiger charge is -2.35. The van der Waals surface area contributed by atoms with E-state index in [1.165, 1.54) is 0 Å². The standard InChI is InChI=1S/C11H14Cl2N4O2/c12-9-7-8(11(13)15-14-9)17-5-3-16(4-6-17)2-1-10(18)19/h7H,1-6H2,(H,18,19). The van der Waals surface area contributed by atoms with Crippen LogP contribution in [0.5, 0.6) is 0 Å². The number of aromatic nitrogens is 2. The van der Waals surface area contributed by atoms with Gasteiger partial charge in [-0.15, -0.1) is 10.2 Å². The van der Waals surface area contributed by atoms with Crippen molar-refractivity contribution < 1.29 is 9.90 Å². The molecule has 104 valence electrons. The molecule has 1 N–H and O–H groups in total. The largest absolute Gasteiger partial charge is 0.481 e. The van der Waals surface area contributed by atoms with Gasteiger partial charge in [0.1, 0.15) is 0 Å². The highest BCUT2D eigenvalue weighted by Gasteiger charge is 2.20. The van der Waals surface area contributed by atoms with Gasteiger partial charge in [0.25, 0.3) is 0 Å². The zero-order chi connectivity index (χ0) is 13.8. The summed E-state index contributed by atoms with van der Waals surface area (Å²) < 4.78 is 0. The molecule has 8 heteroatoms. The summed E-state index contributed by atoms with van der Waals surface area (Å²) in [6, 6.07) is 1.70. The predicted octanol–water partition coefficient (Wildman–Crippen LogP) is 1.38. The number of carbonyl (C=O) groups is 1. The first-order valence-corrected chi connectivity index (χ1v) is 6.69. The van der Waals surface area contributed by atoms with E-state index in [1.807, 2.05) is 0 Å². The van der Waals surface area contributed by atoms with Crippen molar-refractivity contribution in [2.75, 3.05) is 37.6 Å². The molecule has 0 bridgehead atoms. The zero-order valence-corrected chi connectivity index (χ0v) is 11.7. The second-order valence-corrected chi connectivity index (χ2v) is 5.06. The number of nitrogens with zero attached hydrogens (tertiary/aromatic N) is 4. The highest BCUT2D eigenvalue weighted by Crippen LogP contribution is 2.26. The molecule has 1 fully saturated rings. The number of aliphatic carboxylic acids is 1.